The van der Waals surface area contributed by atoms with Crippen molar-refractivity contribution in [2.24, 2.45) is 0 Å². The van der Waals surface area contributed by atoms with Gasteiger partial charge in [0.25, 0.3) is 0 Å². The first-order valence-electron chi connectivity index (χ1n) is 11.1. The molecule has 0 radical (unpaired) electrons. The van der Waals surface area contributed by atoms with Crippen molar-refractivity contribution in [2.75, 3.05) is 23.3 Å². The lowest BCUT2D eigenvalue weighted by atomic mass is 9.80. The van der Waals surface area contributed by atoms with Crippen LogP contribution >= 0.6 is 11.6 Å². The van der Waals surface area contributed by atoms with Crippen molar-refractivity contribution in [3.05, 3.63) is 41.2 Å². The zero-order chi connectivity index (χ0) is 21.2. The fraction of sp³-hybridized carbons (Fsp3) is 0.417. The second kappa shape index (κ2) is 6.97. The Morgan fingerprint density at radius 2 is 2.16 bits per heavy atom. The molecule has 1 saturated heterocycles. The maximum atomic E-state index is 12.5. The van der Waals surface area contributed by atoms with E-state index in [0.29, 0.717) is 17.9 Å². The molecule has 2 aliphatic heterocycles. The summed E-state index contributed by atoms with van der Waals surface area (Å²) in [6, 6.07) is 6.07. The first kappa shape index (κ1) is 19.1. The number of carbonyl (C=O) groups excluding carboxylic acids is 1. The van der Waals surface area contributed by atoms with Crippen LogP contribution in [0.15, 0.2) is 30.6 Å². The molecular weight excluding hydrogens is 412 g/mol. The lowest BCUT2D eigenvalue weighted by Gasteiger charge is -2.27. The first-order valence-corrected chi connectivity index (χ1v) is 11.5. The molecule has 3 N–H and O–H groups in total. The van der Waals surface area contributed by atoms with Gasteiger partial charge in [0, 0.05) is 59.4 Å². The van der Waals surface area contributed by atoms with Crippen LogP contribution in [0.25, 0.3) is 22.0 Å². The number of halogens is 1. The minimum Gasteiger partial charge on any atom is -0.393 e. The molecular formula is C24H25ClN4O2. The van der Waals surface area contributed by atoms with Crippen LogP contribution in [0.2, 0.25) is 5.02 Å². The first-order chi connectivity index (χ1) is 15.1. The van der Waals surface area contributed by atoms with E-state index in [0.717, 1.165) is 77.9 Å². The highest BCUT2D eigenvalue weighted by molar-refractivity contribution is 6.35. The molecule has 0 unspecified atom stereocenters. The lowest BCUT2D eigenvalue weighted by Crippen LogP contribution is -2.35. The number of hydrogen-bond acceptors (Lipinski definition) is 4. The fourth-order valence-electron chi connectivity index (χ4n) is 5.77. The summed E-state index contributed by atoms with van der Waals surface area (Å²) in [4.78, 5) is 22.5. The number of nitrogens with one attached hydrogen (secondary N) is 2. The number of aliphatic hydroxyl groups excluding tert-OH is 1. The van der Waals surface area contributed by atoms with E-state index in [1.54, 1.807) is 0 Å². The number of nitrogens with zero attached hydrogens (tertiary/aromatic N) is 2. The van der Waals surface area contributed by atoms with Gasteiger partial charge in [0.05, 0.1) is 22.3 Å². The summed E-state index contributed by atoms with van der Waals surface area (Å²) >= 11 is 7.03. The number of anilines is 2. The number of benzene rings is 1. The van der Waals surface area contributed by atoms with Crippen molar-refractivity contribution < 1.29 is 9.90 Å². The van der Waals surface area contributed by atoms with Crippen molar-refractivity contribution in [1.82, 2.24) is 9.97 Å². The summed E-state index contributed by atoms with van der Waals surface area (Å²) in [5, 5.41) is 15.4. The van der Waals surface area contributed by atoms with Gasteiger partial charge in [-0.15, -0.1) is 0 Å². The molecule has 3 aromatic rings. The van der Waals surface area contributed by atoms with Crippen LogP contribution < -0.4 is 10.2 Å². The van der Waals surface area contributed by atoms with Gasteiger partial charge in [0.15, 0.2) is 0 Å². The Morgan fingerprint density at radius 1 is 1.26 bits per heavy atom. The highest BCUT2D eigenvalue weighted by atomic mass is 35.5. The number of fused-ring (bicyclic) bond motifs is 3. The molecule has 1 amide bonds. The third-order valence-corrected chi connectivity index (χ3v) is 7.71. The normalized spacial score (nSPS) is 25.4. The van der Waals surface area contributed by atoms with Crippen LogP contribution in [0.3, 0.4) is 0 Å². The zero-order valence-electron chi connectivity index (χ0n) is 17.2. The van der Waals surface area contributed by atoms with Gasteiger partial charge in [-0.05, 0) is 38.2 Å². The molecule has 2 aromatic heterocycles. The van der Waals surface area contributed by atoms with E-state index < -0.39 is 0 Å². The SMILES string of the molecule is O=C1CCCCN1c1cccc2c(-c3cnc4c(c3Cl)[C@@]3(CC[C@H](O)C3)CN4)c[nH]c12. The minimum atomic E-state index is -0.287. The van der Waals surface area contributed by atoms with Gasteiger partial charge >= 0.3 is 0 Å². The third kappa shape index (κ3) is 2.81. The number of rotatable bonds is 2. The number of pyridine rings is 1. The Bertz CT molecular complexity index is 1200. The number of aromatic nitrogens is 2. The lowest BCUT2D eigenvalue weighted by molar-refractivity contribution is -0.119. The van der Waals surface area contributed by atoms with Gasteiger partial charge in [0.2, 0.25) is 5.91 Å². The van der Waals surface area contributed by atoms with Crippen LogP contribution in [0, 0.1) is 0 Å². The van der Waals surface area contributed by atoms with Crippen molar-refractivity contribution in [3.8, 4) is 11.1 Å². The number of carbonyl (C=O) groups is 1. The monoisotopic (exact) mass is 436 g/mol. The summed E-state index contributed by atoms with van der Waals surface area (Å²) in [5.74, 6) is 1.02. The van der Waals surface area contributed by atoms with Gasteiger partial charge in [-0.25, -0.2) is 4.98 Å². The Hall–Kier alpha value is -2.57. The summed E-state index contributed by atoms with van der Waals surface area (Å²) in [6.45, 7) is 1.52. The molecule has 7 heteroatoms. The summed E-state index contributed by atoms with van der Waals surface area (Å²) in [7, 11) is 0. The van der Waals surface area contributed by atoms with Gasteiger partial charge in [-0.2, -0.15) is 0 Å². The van der Waals surface area contributed by atoms with Crippen molar-refractivity contribution in [1.29, 1.82) is 0 Å². The smallest absolute Gasteiger partial charge is 0.227 e. The van der Waals surface area contributed by atoms with Crippen LogP contribution in [-0.4, -0.2) is 40.2 Å². The molecule has 1 spiro atoms. The summed E-state index contributed by atoms with van der Waals surface area (Å²) in [6.07, 6.45) is 8.52. The van der Waals surface area contributed by atoms with Gasteiger partial charge < -0.3 is 20.3 Å². The quantitative estimate of drug-likeness (QED) is 0.548. The van der Waals surface area contributed by atoms with Crippen molar-refractivity contribution in [3.63, 3.8) is 0 Å². The number of aliphatic hydroxyl groups is 1. The van der Waals surface area contributed by atoms with Crippen LogP contribution in [0.4, 0.5) is 11.5 Å². The average Bonchev–Trinajstić information content (AvgIpc) is 3.47. The fourth-order valence-corrected chi connectivity index (χ4v) is 6.21. The molecule has 2 atom stereocenters. The molecule has 6 rings (SSSR count). The van der Waals surface area contributed by atoms with Crippen molar-refractivity contribution >= 4 is 39.9 Å². The van der Waals surface area contributed by atoms with Crippen LogP contribution in [0.1, 0.15) is 44.1 Å². The van der Waals surface area contributed by atoms with Gasteiger partial charge in [-0.3, -0.25) is 4.79 Å². The average molecular weight is 437 g/mol. The van der Waals surface area contributed by atoms with Crippen LogP contribution in [0.5, 0.6) is 0 Å². The molecule has 1 saturated carbocycles. The minimum absolute atomic E-state index is 0.146. The molecule has 1 aliphatic carbocycles. The Kier molecular flexibility index (Phi) is 4.30. The highest BCUT2D eigenvalue weighted by Gasteiger charge is 2.47. The second-order valence-corrected chi connectivity index (χ2v) is 9.52. The number of hydrogen-bond donors (Lipinski definition) is 3. The molecule has 4 heterocycles. The van der Waals surface area contributed by atoms with Gasteiger partial charge in [0.1, 0.15) is 5.82 Å². The third-order valence-electron chi connectivity index (χ3n) is 7.32. The van der Waals surface area contributed by atoms with E-state index >= 15 is 0 Å². The Labute approximate surface area is 185 Å². The van der Waals surface area contributed by atoms with Gasteiger partial charge in [-0.1, -0.05) is 23.7 Å². The molecule has 6 nitrogen and oxygen atoms in total. The largest absolute Gasteiger partial charge is 0.393 e. The van der Waals surface area contributed by atoms with E-state index in [1.165, 1.54) is 0 Å². The highest BCUT2D eigenvalue weighted by Crippen LogP contribution is 2.52. The molecule has 0 bridgehead atoms. The Morgan fingerprint density at radius 3 is 2.97 bits per heavy atom. The molecule has 160 valence electrons. The zero-order valence-corrected chi connectivity index (χ0v) is 18.0. The van der Waals surface area contributed by atoms with E-state index in [2.05, 4.69) is 16.4 Å². The predicted molar refractivity (Wildman–Crippen MR) is 123 cm³/mol. The summed E-state index contributed by atoms with van der Waals surface area (Å²) in [5.41, 5.74) is 4.65. The number of para-hydroxylation sites is 1. The number of H-pyrrole nitrogens is 1. The molecule has 3 aliphatic rings. The van der Waals surface area contributed by atoms with Crippen LogP contribution in [-0.2, 0) is 10.2 Å². The number of amides is 1. The topological polar surface area (TPSA) is 81.2 Å². The second-order valence-electron chi connectivity index (χ2n) is 9.14. The number of piperidine rings is 1. The van der Waals surface area contributed by atoms with E-state index in [1.807, 2.05) is 29.4 Å². The van der Waals surface area contributed by atoms with E-state index in [4.69, 9.17) is 16.6 Å². The standard InChI is InChI=1S/C24H25ClN4O2/c25-21-17(12-27-23-20(21)24(13-28-23)8-7-14(30)10-24)16-11-26-22-15(16)4-3-5-18(22)29-9-2-1-6-19(29)31/h3-5,11-12,14,26,30H,1-2,6-10,13H2,(H,27,28)/t14-,24+/m0/s1. The molecule has 2 fully saturated rings. The number of aromatic amines is 1. The maximum Gasteiger partial charge on any atom is 0.227 e. The molecule has 31 heavy (non-hydrogen) atoms. The van der Waals surface area contributed by atoms with E-state index in [9.17, 15) is 9.90 Å². The Balaban J connectivity index is 1.48. The molecule has 1 aromatic carbocycles. The van der Waals surface area contributed by atoms with E-state index in [-0.39, 0.29) is 17.4 Å². The van der Waals surface area contributed by atoms with Crippen molar-refractivity contribution in [2.45, 2.75) is 50.0 Å². The summed E-state index contributed by atoms with van der Waals surface area (Å²) < 4.78 is 0. The maximum absolute atomic E-state index is 12.5. The predicted octanol–water partition coefficient (Wildman–Crippen LogP) is 4.61.